The quantitative estimate of drug-likeness (QED) is 0.659. The SMILES string of the molecule is CCOc1cccc(N2C(=O)C(c3ccc(OC)cc3)=C(N3CCC(C)CC3)C2=O)c1. The van der Waals surface area contributed by atoms with Gasteiger partial charge in [-0.1, -0.05) is 25.1 Å². The minimum atomic E-state index is -0.308. The van der Waals surface area contributed by atoms with Crippen molar-refractivity contribution in [2.45, 2.75) is 26.7 Å². The largest absolute Gasteiger partial charge is 0.497 e. The van der Waals surface area contributed by atoms with Crippen molar-refractivity contribution in [1.29, 1.82) is 0 Å². The number of benzene rings is 2. The number of hydrogen-bond acceptors (Lipinski definition) is 5. The highest BCUT2D eigenvalue weighted by molar-refractivity contribution is 6.45. The molecule has 0 N–H and O–H groups in total. The molecule has 2 aromatic carbocycles. The Kier molecular flexibility index (Phi) is 5.98. The minimum Gasteiger partial charge on any atom is -0.497 e. The molecule has 2 heterocycles. The van der Waals surface area contributed by atoms with E-state index in [-0.39, 0.29) is 11.8 Å². The second-order valence-electron chi connectivity index (χ2n) is 8.00. The van der Waals surface area contributed by atoms with Gasteiger partial charge in [0.1, 0.15) is 17.2 Å². The molecule has 6 nitrogen and oxygen atoms in total. The Balaban J connectivity index is 1.77. The van der Waals surface area contributed by atoms with Crippen molar-refractivity contribution in [1.82, 2.24) is 4.90 Å². The highest BCUT2D eigenvalue weighted by atomic mass is 16.5. The first-order valence-electron chi connectivity index (χ1n) is 10.8. The number of hydrogen-bond donors (Lipinski definition) is 0. The number of nitrogens with zero attached hydrogens (tertiary/aromatic N) is 2. The number of amides is 2. The van der Waals surface area contributed by atoms with Crippen LogP contribution in [0.15, 0.2) is 54.2 Å². The van der Waals surface area contributed by atoms with E-state index in [1.807, 2.05) is 37.3 Å². The lowest BCUT2D eigenvalue weighted by molar-refractivity contribution is -0.120. The maximum Gasteiger partial charge on any atom is 0.282 e. The molecule has 0 unspecified atom stereocenters. The van der Waals surface area contributed by atoms with Crippen LogP contribution in [0.1, 0.15) is 32.3 Å². The van der Waals surface area contributed by atoms with Crippen LogP contribution >= 0.6 is 0 Å². The third kappa shape index (κ3) is 4.02. The average Bonchev–Trinajstić information content (AvgIpc) is 3.05. The van der Waals surface area contributed by atoms with Crippen molar-refractivity contribution in [2.75, 3.05) is 31.7 Å². The topological polar surface area (TPSA) is 59.1 Å². The number of methoxy groups -OCH3 is 1. The summed E-state index contributed by atoms with van der Waals surface area (Å²) >= 11 is 0. The lowest BCUT2D eigenvalue weighted by atomic mass is 9.97. The number of rotatable bonds is 6. The summed E-state index contributed by atoms with van der Waals surface area (Å²) < 4.78 is 10.8. The van der Waals surface area contributed by atoms with E-state index >= 15 is 0 Å². The third-order valence-electron chi connectivity index (χ3n) is 5.92. The normalized spacial score (nSPS) is 17.5. The van der Waals surface area contributed by atoms with Crippen molar-refractivity contribution >= 4 is 23.1 Å². The lowest BCUT2D eigenvalue weighted by Crippen LogP contribution is -2.38. The Bertz CT molecular complexity index is 1000. The van der Waals surface area contributed by atoms with E-state index in [1.54, 1.807) is 25.3 Å². The van der Waals surface area contributed by atoms with E-state index in [1.165, 1.54) is 4.90 Å². The van der Waals surface area contributed by atoms with Crippen LogP contribution < -0.4 is 14.4 Å². The monoisotopic (exact) mass is 420 g/mol. The number of piperidine rings is 1. The van der Waals surface area contributed by atoms with E-state index in [0.717, 1.165) is 31.5 Å². The van der Waals surface area contributed by atoms with Crippen molar-refractivity contribution in [3.05, 3.63) is 59.8 Å². The van der Waals surface area contributed by atoms with E-state index in [2.05, 4.69) is 11.8 Å². The second kappa shape index (κ2) is 8.84. The van der Waals surface area contributed by atoms with Crippen LogP contribution in [0.25, 0.3) is 5.57 Å². The fourth-order valence-corrected chi connectivity index (χ4v) is 4.18. The Morgan fingerprint density at radius 1 is 0.968 bits per heavy atom. The van der Waals surface area contributed by atoms with E-state index in [0.29, 0.717) is 41.0 Å². The molecule has 0 aromatic heterocycles. The Morgan fingerprint density at radius 3 is 2.32 bits per heavy atom. The number of ether oxygens (including phenoxy) is 2. The number of likely N-dealkylation sites (tertiary alicyclic amines) is 1. The molecule has 2 aliphatic heterocycles. The second-order valence-corrected chi connectivity index (χ2v) is 8.00. The van der Waals surface area contributed by atoms with Crippen molar-refractivity contribution < 1.29 is 19.1 Å². The van der Waals surface area contributed by atoms with Gasteiger partial charge in [0.05, 0.1) is 25.0 Å². The molecule has 0 atom stereocenters. The van der Waals surface area contributed by atoms with Crippen LogP contribution in [0.5, 0.6) is 11.5 Å². The first-order valence-corrected chi connectivity index (χ1v) is 10.8. The molecule has 0 spiro atoms. The molecule has 4 rings (SSSR count). The molecule has 1 saturated heterocycles. The van der Waals surface area contributed by atoms with Crippen LogP contribution in [0.2, 0.25) is 0 Å². The summed E-state index contributed by atoms with van der Waals surface area (Å²) in [4.78, 5) is 30.6. The van der Waals surface area contributed by atoms with Crippen LogP contribution in [-0.4, -0.2) is 43.5 Å². The van der Waals surface area contributed by atoms with Crippen LogP contribution in [0.3, 0.4) is 0 Å². The molecule has 0 saturated carbocycles. The van der Waals surface area contributed by atoms with Crippen molar-refractivity contribution in [3.8, 4) is 11.5 Å². The molecule has 31 heavy (non-hydrogen) atoms. The fraction of sp³-hybridized carbons (Fsp3) is 0.360. The van der Waals surface area contributed by atoms with Gasteiger partial charge in [-0.15, -0.1) is 0 Å². The Morgan fingerprint density at radius 2 is 1.68 bits per heavy atom. The minimum absolute atomic E-state index is 0.279. The van der Waals surface area contributed by atoms with Gasteiger partial charge in [-0.25, -0.2) is 4.90 Å². The van der Waals surface area contributed by atoms with Gasteiger partial charge in [-0.2, -0.15) is 0 Å². The van der Waals surface area contributed by atoms with Crippen molar-refractivity contribution in [3.63, 3.8) is 0 Å². The van der Waals surface area contributed by atoms with Gasteiger partial charge in [0.25, 0.3) is 11.8 Å². The molecule has 6 heteroatoms. The van der Waals surface area contributed by atoms with Crippen molar-refractivity contribution in [2.24, 2.45) is 5.92 Å². The standard InChI is InChI=1S/C25H28N2O4/c1-4-31-21-7-5-6-19(16-21)27-24(28)22(18-8-10-20(30-3)11-9-18)23(25(27)29)26-14-12-17(2)13-15-26/h5-11,16-17H,4,12-15H2,1-3H3. The van der Waals surface area contributed by atoms with Gasteiger partial charge in [-0.05, 0) is 55.5 Å². The zero-order valence-electron chi connectivity index (χ0n) is 18.3. The Labute approximate surface area is 183 Å². The predicted molar refractivity (Wildman–Crippen MR) is 120 cm³/mol. The summed E-state index contributed by atoms with van der Waals surface area (Å²) in [5.74, 6) is 1.37. The van der Waals surface area contributed by atoms with Gasteiger partial charge in [0.2, 0.25) is 0 Å². The summed E-state index contributed by atoms with van der Waals surface area (Å²) in [6.45, 7) is 6.17. The van der Waals surface area contributed by atoms with E-state index < -0.39 is 0 Å². The molecule has 1 fully saturated rings. The smallest absolute Gasteiger partial charge is 0.282 e. The molecule has 0 aliphatic carbocycles. The van der Waals surface area contributed by atoms with Crippen LogP contribution in [-0.2, 0) is 9.59 Å². The van der Waals surface area contributed by atoms with Gasteiger partial charge in [0, 0.05) is 19.2 Å². The number of carbonyl (C=O) groups excluding carboxylic acids is 2. The van der Waals surface area contributed by atoms with Gasteiger partial charge in [0.15, 0.2) is 0 Å². The average molecular weight is 421 g/mol. The van der Waals surface area contributed by atoms with Gasteiger partial charge in [-0.3, -0.25) is 9.59 Å². The van der Waals surface area contributed by atoms with Crippen LogP contribution in [0, 0.1) is 5.92 Å². The zero-order chi connectivity index (χ0) is 22.0. The molecule has 2 aromatic rings. The third-order valence-corrected chi connectivity index (χ3v) is 5.92. The summed E-state index contributed by atoms with van der Waals surface area (Å²) in [6.07, 6.45) is 2.00. The maximum absolute atomic E-state index is 13.6. The zero-order valence-corrected chi connectivity index (χ0v) is 18.3. The molecular weight excluding hydrogens is 392 g/mol. The predicted octanol–water partition coefficient (Wildman–Crippen LogP) is 4.11. The molecule has 162 valence electrons. The Hall–Kier alpha value is -3.28. The van der Waals surface area contributed by atoms with Crippen LogP contribution in [0.4, 0.5) is 5.69 Å². The molecule has 2 amide bonds. The number of carbonyl (C=O) groups is 2. The summed E-state index contributed by atoms with van der Waals surface area (Å²) in [6, 6.07) is 14.4. The maximum atomic E-state index is 13.6. The molecule has 0 bridgehead atoms. The van der Waals surface area contributed by atoms with E-state index in [9.17, 15) is 9.59 Å². The first-order chi connectivity index (χ1) is 15.0. The molecule has 0 radical (unpaired) electrons. The molecular formula is C25H28N2O4. The highest BCUT2D eigenvalue weighted by Crippen LogP contribution is 2.37. The summed E-state index contributed by atoms with van der Waals surface area (Å²) in [5, 5.41) is 0. The molecule has 2 aliphatic rings. The van der Waals surface area contributed by atoms with Gasteiger partial charge >= 0.3 is 0 Å². The van der Waals surface area contributed by atoms with E-state index in [4.69, 9.17) is 9.47 Å². The first kappa shape index (κ1) is 21.0. The van der Waals surface area contributed by atoms with Gasteiger partial charge < -0.3 is 14.4 Å². The fourth-order valence-electron chi connectivity index (χ4n) is 4.18. The number of imide groups is 1. The summed E-state index contributed by atoms with van der Waals surface area (Å²) in [5.41, 5.74) is 2.18. The number of anilines is 1. The lowest BCUT2D eigenvalue weighted by Gasteiger charge is -2.32. The summed E-state index contributed by atoms with van der Waals surface area (Å²) in [7, 11) is 1.60. The highest BCUT2D eigenvalue weighted by Gasteiger charge is 2.43.